The first-order chi connectivity index (χ1) is 6.83. The van der Waals surface area contributed by atoms with E-state index in [0.29, 0.717) is 5.69 Å². The van der Waals surface area contributed by atoms with Gasteiger partial charge in [0.25, 0.3) is 0 Å². The van der Waals surface area contributed by atoms with Crippen LogP contribution in [0.3, 0.4) is 0 Å². The van der Waals surface area contributed by atoms with Gasteiger partial charge in [0.15, 0.2) is 5.82 Å². The van der Waals surface area contributed by atoms with Gasteiger partial charge < -0.3 is 5.73 Å². The molecule has 0 saturated carbocycles. The van der Waals surface area contributed by atoms with Crippen molar-refractivity contribution in [2.75, 3.05) is 0 Å². The minimum atomic E-state index is -0.419. The van der Waals surface area contributed by atoms with Crippen molar-refractivity contribution in [3.63, 3.8) is 0 Å². The van der Waals surface area contributed by atoms with Gasteiger partial charge in [0, 0.05) is 6.54 Å². The minimum Gasteiger partial charge on any atom is -0.325 e. The fourth-order valence-electron chi connectivity index (χ4n) is 1.13. The second-order valence-electron chi connectivity index (χ2n) is 2.66. The molecule has 14 heavy (non-hydrogen) atoms. The number of thiophene rings is 1. The molecule has 72 valence electrons. The number of hydrogen-bond acceptors (Lipinski definition) is 4. The molecule has 3 nitrogen and oxygen atoms in total. The van der Waals surface area contributed by atoms with E-state index in [4.69, 9.17) is 5.73 Å². The molecule has 5 heteroatoms. The highest BCUT2D eigenvalue weighted by atomic mass is 32.1. The standard InChI is InChI=1S/C9H8FN3S/c10-8-6(4-11)12-5-13-9(8)7-2-1-3-14-7/h1-3,5H,4,11H2. The van der Waals surface area contributed by atoms with Crippen molar-refractivity contribution in [2.45, 2.75) is 6.54 Å². The van der Waals surface area contributed by atoms with E-state index < -0.39 is 5.82 Å². The summed E-state index contributed by atoms with van der Waals surface area (Å²) in [4.78, 5) is 8.45. The average molecular weight is 209 g/mol. The molecule has 0 saturated heterocycles. The van der Waals surface area contributed by atoms with Crippen LogP contribution in [-0.2, 0) is 6.54 Å². The number of nitrogens with two attached hydrogens (primary N) is 1. The molecule has 0 aliphatic rings. The van der Waals surface area contributed by atoms with Crippen molar-refractivity contribution in [3.05, 3.63) is 35.4 Å². The second kappa shape index (κ2) is 3.81. The maximum atomic E-state index is 13.6. The first kappa shape index (κ1) is 9.23. The van der Waals surface area contributed by atoms with Crippen molar-refractivity contribution in [2.24, 2.45) is 5.73 Å². The van der Waals surface area contributed by atoms with E-state index >= 15 is 0 Å². The van der Waals surface area contributed by atoms with Gasteiger partial charge in [-0.15, -0.1) is 11.3 Å². The van der Waals surface area contributed by atoms with Gasteiger partial charge in [-0.25, -0.2) is 14.4 Å². The Morgan fingerprint density at radius 1 is 1.43 bits per heavy atom. The predicted molar refractivity (Wildman–Crippen MR) is 53.2 cm³/mol. The van der Waals surface area contributed by atoms with Crippen molar-refractivity contribution in [1.29, 1.82) is 0 Å². The molecule has 2 aromatic rings. The summed E-state index contributed by atoms with van der Waals surface area (Å²) in [6.45, 7) is 0.0900. The molecule has 0 aliphatic heterocycles. The summed E-state index contributed by atoms with van der Waals surface area (Å²) in [6.07, 6.45) is 1.33. The molecule has 2 N–H and O–H groups in total. The van der Waals surface area contributed by atoms with Crippen LogP contribution >= 0.6 is 11.3 Å². The van der Waals surface area contributed by atoms with E-state index in [9.17, 15) is 4.39 Å². The summed E-state index contributed by atoms with van der Waals surface area (Å²) < 4.78 is 13.6. The quantitative estimate of drug-likeness (QED) is 0.820. The Morgan fingerprint density at radius 3 is 2.93 bits per heavy atom. The largest absolute Gasteiger partial charge is 0.325 e. The SMILES string of the molecule is NCc1ncnc(-c2cccs2)c1F. The minimum absolute atomic E-state index is 0.0900. The molecule has 2 rings (SSSR count). The van der Waals surface area contributed by atoms with Crippen LogP contribution in [0.4, 0.5) is 4.39 Å². The van der Waals surface area contributed by atoms with Crippen LogP contribution in [0.15, 0.2) is 23.8 Å². The first-order valence-corrected chi connectivity index (χ1v) is 4.94. The van der Waals surface area contributed by atoms with Crippen molar-refractivity contribution in [3.8, 4) is 10.6 Å². The maximum absolute atomic E-state index is 13.6. The molecule has 0 spiro atoms. The second-order valence-corrected chi connectivity index (χ2v) is 3.61. The van der Waals surface area contributed by atoms with Gasteiger partial charge in [-0.2, -0.15) is 0 Å². The summed E-state index contributed by atoms with van der Waals surface area (Å²) in [5.41, 5.74) is 5.93. The number of hydrogen-bond donors (Lipinski definition) is 1. The van der Waals surface area contributed by atoms with E-state index in [0.717, 1.165) is 4.88 Å². The molecule has 2 aromatic heterocycles. The molecule has 0 radical (unpaired) electrons. The molecule has 0 aliphatic carbocycles. The molecule has 0 atom stereocenters. The fourth-order valence-corrected chi connectivity index (χ4v) is 1.85. The summed E-state index contributed by atoms with van der Waals surface area (Å²) in [7, 11) is 0. The maximum Gasteiger partial charge on any atom is 0.173 e. The highest BCUT2D eigenvalue weighted by molar-refractivity contribution is 7.13. The van der Waals surface area contributed by atoms with Crippen LogP contribution in [0, 0.1) is 5.82 Å². The molecule has 0 amide bonds. The van der Waals surface area contributed by atoms with Crippen molar-refractivity contribution < 1.29 is 4.39 Å². The lowest BCUT2D eigenvalue weighted by Gasteiger charge is -2.02. The number of rotatable bonds is 2. The fraction of sp³-hybridized carbons (Fsp3) is 0.111. The monoisotopic (exact) mass is 209 g/mol. The van der Waals surface area contributed by atoms with Crippen molar-refractivity contribution in [1.82, 2.24) is 9.97 Å². The highest BCUT2D eigenvalue weighted by Gasteiger charge is 2.11. The van der Waals surface area contributed by atoms with Crippen LogP contribution in [0.25, 0.3) is 10.6 Å². The zero-order chi connectivity index (χ0) is 9.97. The lowest BCUT2D eigenvalue weighted by atomic mass is 10.2. The van der Waals surface area contributed by atoms with Crippen LogP contribution in [0.1, 0.15) is 5.69 Å². The van der Waals surface area contributed by atoms with E-state index in [1.807, 2.05) is 17.5 Å². The van der Waals surface area contributed by atoms with E-state index in [1.54, 1.807) is 0 Å². The van der Waals surface area contributed by atoms with E-state index in [1.165, 1.54) is 17.7 Å². The zero-order valence-electron chi connectivity index (χ0n) is 7.27. The summed E-state index contributed by atoms with van der Waals surface area (Å²) in [6, 6.07) is 3.67. The number of halogens is 1. The molecule has 2 heterocycles. The Hall–Kier alpha value is -1.33. The van der Waals surface area contributed by atoms with Gasteiger partial charge in [-0.1, -0.05) is 6.07 Å². The highest BCUT2D eigenvalue weighted by Crippen LogP contribution is 2.25. The lowest BCUT2D eigenvalue weighted by molar-refractivity contribution is 0.596. The smallest absolute Gasteiger partial charge is 0.173 e. The summed E-state index contributed by atoms with van der Waals surface area (Å²) in [5, 5.41) is 1.87. The number of aromatic nitrogens is 2. The van der Waals surface area contributed by atoms with Crippen LogP contribution in [0.5, 0.6) is 0 Å². The van der Waals surface area contributed by atoms with E-state index in [-0.39, 0.29) is 12.2 Å². The lowest BCUT2D eigenvalue weighted by Crippen LogP contribution is -2.05. The van der Waals surface area contributed by atoms with Gasteiger partial charge in [-0.05, 0) is 11.4 Å². The van der Waals surface area contributed by atoms with Crippen LogP contribution < -0.4 is 5.73 Å². The van der Waals surface area contributed by atoms with Crippen LogP contribution in [0.2, 0.25) is 0 Å². The van der Waals surface area contributed by atoms with Gasteiger partial charge >= 0.3 is 0 Å². The van der Waals surface area contributed by atoms with Gasteiger partial charge in [-0.3, -0.25) is 0 Å². The molecule has 0 fully saturated rings. The third kappa shape index (κ3) is 1.51. The van der Waals surface area contributed by atoms with Crippen LogP contribution in [-0.4, -0.2) is 9.97 Å². The predicted octanol–water partition coefficient (Wildman–Crippen LogP) is 1.80. The normalized spacial score (nSPS) is 10.4. The van der Waals surface area contributed by atoms with E-state index in [2.05, 4.69) is 9.97 Å². The summed E-state index contributed by atoms with van der Waals surface area (Å²) >= 11 is 1.44. The van der Waals surface area contributed by atoms with Gasteiger partial charge in [0.2, 0.25) is 0 Å². The average Bonchev–Trinajstić information content (AvgIpc) is 2.71. The Balaban J connectivity index is 2.54. The topological polar surface area (TPSA) is 51.8 Å². The Morgan fingerprint density at radius 2 is 2.29 bits per heavy atom. The molecule has 0 bridgehead atoms. The van der Waals surface area contributed by atoms with Crippen molar-refractivity contribution >= 4 is 11.3 Å². The molecule has 0 unspecified atom stereocenters. The molecule has 0 aromatic carbocycles. The zero-order valence-corrected chi connectivity index (χ0v) is 8.09. The molecular weight excluding hydrogens is 201 g/mol. The molecular formula is C9H8FN3S. The third-order valence-electron chi connectivity index (χ3n) is 1.81. The Bertz CT molecular complexity index is 428. The first-order valence-electron chi connectivity index (χ1n) is 4.06. The number of nitrogens with zero attached hydrogens (tertiary/aromatic N) is 2. The Kier molecular flexibility index (Phi) is 2.51. The van der Waals surface area contributed by atoms with Gasteiger partial charge in [0.05, 0.1) is 10.6 Å². The third-order valence-corrected chi connectivity index (χ3v) is 2.69. The summed E-state index contributed by atoms with van der Waals surface area (Å²) in [5.74, 6) is -0.419. The Labute approximate surface area is 84.4 Å². The van der Waals surface area contributed by atoms with Gasteiger partial charge in [0.1, 0.15) is 12.0 Å².